The summed E-state index contributed by atoms with van der Waals surface area (Å²) in [6.45, 7) is 0. The van der Waals surface area contributed by atoms with Gasteiger partial charge in [0.1, 0.15) is 0 Å². The van der Waals surface area contributed by atoms with Crippen LogP contribution in [-0.2, 0) is 5.75 Å². The minimum Gasteiger partial charge on any atom is -0.338 e. The van der Waals surface area contributed by atoms with E-state index in [0.717, 1.165) is 17.0 Å². The first-order valence-electron chi connectivity index (χ1n) is 6.53. The van der Waals surface area contributed by atoms with Crippen molar-refractivity contribution in [2.75, 3.05) is 0 Å². The van der Waals surface area contributed by atoms with Crippen molar-refractivity contribution in [3.05, 3.63) is 47.2 Å². The van der Waals surface area contributed by atoms with Crippen molar-refractivity contribution in [3.63, 3.8) is 0 Å². The van der Waals surface area contributed by atoms with E-state index < -0.39 is 11.6 Å². The molecule has 0 saturated carbocycles. The van der Waals surface area contributed by atoms with Crippen LogP contribution in [-0.4, -0.2) is 20.1 Å². The fourth-order valence-corrected chi connectivity index (χ4v) is 3.37. The quantitative estimate of drug-likeness (QED) is 0.558. The minimum atomic E-state index is -0.918. The Morgan fingerprint density at radius 2 is 2.09 bits per heavy atom. The number of thiophene rings is 1. The molecule has 5 nitrogen and oxygen atoms in total. The minimum absolute atomic E-state index is 0.371. The van der Waals surface area contributed by atoms with Crippen molar-refractivity contribution >= 4 is 34.1 Å². The number of hydrogen-bond donors (Lipinski definition) is 1. The maximum absolute atomic E-state index is 13.2. The highest BCUT2D eigenvalue weighted by atomic mass is 32.2. The molecule has 0 aliphatic heterocycles. The van der Waals surface area contributed by atoms with Crippen molar-refractivity contribution in [2.45, 2.75) is 10.9 Å². The topological polar surface area (TPSA) is 67.6 Å². The fourth-order valence-electron chi connectivity index (χ4n) is 2.00. The summed E-state index contributed by atoms with van der Waals surface area (Å²) in [6.07, 6.45) is 0. The predicted molar refractivity (Wildman–Crippen MR) is 83.2 cm³/mol. The van der Waals surface area contributed by atoms with Gasteiger partial charge in [0, 0.05) is 12.1 Å². The van der Waals surface area contributed by atoms with Crippen molar-refractivity contribution in [1.82, 2.24) is 20.1 Å². The van der Waals surface area contributed by atoms with Gasteiger partial charge in [0.25, 0.3) is 0 Å². The summed E-state index contributed by atoms with van der Waals surface area (Å²) >= 11 is 2.85. The van der Waals surface area contributed by atoms with Gasteiger partial charge >= 0.3 is 0 Å². The molecule has 0 unspecified atom stereocenters. The lowest BCUT2D eigenvalue weighted by atomic mass is 10.3. The zero-order chi connectivity index (χ0) is 15.8. The van der Waals surface area contributed by atoms with Gasteiger partial charge in [-0.25, -0.2) is 13.8 Å². The number of benzene rings is 1. The van der Waals surface area contributed by atoms with E-state index in [1.807, 2.05) is 17.5 Å². The van der Waals surface area contributed by atoms with Crippen LogP contribution < -0.4 is 0 Å². The summed E-state index contributed by atoms with van der Waals surface area (Å²) in [5.41, 5.74) is 0.812. The van der Waals surface area contributed by atoms with Crippen LogP contribution in [0.1, 0.15) is 5.89 Å². The second-order valence-electron chi connectivity index (χ2n) is 4.60. The third-order valence-corrected chi connectivity index (χ3v) is 4.77. The Morgan fingerprint density at radius 3 is 2.91 bits per heavy atom. The lowest BCUT2D eigenvalue weighted by Gasteiger charge is -1.91. The number of imidazole rings is 1. The van der Waals surface area contributed by atoms with Crippen molar-refractivity contribution in [3.8, 4) is 10.7 Å². The number of aromatic nitrogens is 4. The highest BCUT2D eigenvalue weighted by Gasteiger charge is 2.12. The first-order chi connectivity index (χ1) is 11.2. The van der Waals surface area contributed by atoms with E-state index >= 15 is 0 Å². The Bertz CT molecular complexity index is 926. The lowest BCUT2D eigenvalue weighted by Crippen LogP contribution is -1.82. The molecule has 0 spiro atoms. The molecule has 3 heterocycles. The first-order valence-corrected chi connectivity index (χ1v) is 8.39. The third-order valence-electron chi connectivity index (χ3n) is 3.04. The van der Waals surface area contributed by atoms with Crippen LogP contribution in [0.25, 0.3) is 21.7 Å². The molecule has 0 atom stereocenters. The lowest BCUT2D eigenvalue weighted by molar-refractivity contribution is 0.391. The van der Waals surface area contributed by atoms with Crippen LogP contribution in [0.3, 0.4) is 0 Å². The second kappa shape index (κ2) is 5.74. The number of H-pyrrole nitrogens is 1. The molecule has 1 N–H and O–H groups in total. The zero-order valence-corrected chi connectivity index (χ0v) is 13.0. The highest BCUT2D eigenvalue weighted by Crippen LogP contribution is 2.26. The number of thioether (sulfide) groups is 1. The number of fused-ring (bicyclic) bond motifs is 1. The molecule has 4 rings (SSSR count). The van der Waals surface area contributed by atoms with Crippen molar-refractivity contribution in [1.29, 1.82) is 0 Å². The molecule has 0 amide bonds. The van der Waals surface area contributed by atoms with Crippen LogP contribution >= 0.6 is 23.1 Å². The standard InChI is InChI=1S/C14H8F2N4OS2/c15-7-4-9-10(5-8(7)16)18-14(17-9)23-6-12-19-13(20-21-12)11-2-1-3-22-11/h1-5H,6H2,(H,17,18). The number of halogens is 2. The summed E-state index contributed by atoms with van der Waals surface area (Å²) < 4.78 is 31.5. The third kappa shape index (κ3) is 2.84. The van der Waals surface area contributed by atoms with Crippen molar-refractivity contribution in [2.24, 2.45) is 0 Å². The van der Waals surface area contributed by atoms with Crippen LogP contribution in [0.15, 0.2) is 39.3 Å². The molecule has 1 aromatic carbocycles. The normalized spacial score (nSPS) is 11.4. The van der Waals surface area contributed by atoms with E-state index in [1.165, 1.54) is 23.1 Å². The van der Waals surface area contributed by atoms with Gasteiger partial charge in [0.2, 0.25) is 11.7 Å². The molecule has 0 bridgehead atoms. The Hall–Kier alpha value is -2.26. The van der Waals surface area contributed by atoms with Crippen LogP contribution in [0.5, 0.6) is 0 Å². The Balaban J connectivity index is 1.51. The van der Waals surface area contributed by atoms with Crippen LogP contribution in [0, 0.1) is 11.6 Å². The Morgan fingerprint density at radius 1 is 1.22 bits per heavy atom. The largest absolute Gasteiger partial charge is 0.338 e. The number of aromatic amines is 1. The number of hydrogen-bond acceptors (Lipinski definition) is 6. The zero-order valence-electron chi connectivity index (χ0n) is 11.4. The van der Waals surface area contributed by atoms with Crippen LogP contribution in [0.4, 0.5) is 8.78 Å². The predicted octanol–water partition coefficient (Wildman–Crippen LogP) is 4.24. The van der Waals surface area contributed by atoms with E-state index in [9.17, 15) is 8.78 Å². The first kappa shape index (κ1) is 14.3. The average Bonchev–Trinajstić information content (AvgIpc) is 3.25. The average molecular weight is 350 g/mol. The summed E-state index contributed by atoms with van der Waals surface area (Å²) in [5.74, 6) is -0.419. The van der Waals surface area contributed by atoms with Gasteiger partial charge in [-0.3, -0.25) is 0 Å². The molecule has 0 aliphatic rings. The molecular weight excluding hydrogens is 342 g/mol. The molecule has 9 heteroatoms. The SMILES string of the molecule is Fc1cc2nc(SCc3nc(-c4cccs4)no3)[nH]c2cc1F. The Kier molecular flexibility index (Phi) is 3.58. The van der Waals surface area contributed by atoms with Gasteiger partial charge in [0.15, 0.2) is 16.8 Å². The Labute approximate surface area is 136 Å². The summed E-state index contributed by atoms with van der Waals surface area (Å²) in [5, 5.41) is 6.38. The molecule has 116 valence electrons. The molecule has 0 fully saturated rings. The summed E-state index contributed by atoms with van der Waals surface area (Å²) in [4.78, 5) is 12.4. The van der Waals surface area contributed by atoms with E-state index in [4.69, 9.17) is 4.52 Å². The smallest absolute Gasteiger partial charge is 0.237 e. The summed E-state index contributed by atoms with van der Waals surface area (Å²) in [6, 6.07) is 5.97. The second-order valence-corrected chi connectivity index (χ2v) is 6.51. The van der Waals surface area contributed by atoms with E-state index in [0.29, 0.717) is 33.7 Å². The molecule has 0 aliphatic carbocycles. The van der Waals surface area contributed by atoms with Crippen LogP contribution in [0.2, 0.25) is 0 Å². The molecule has 23 heavy (non-hydrogen) atoms. The molecule has 0 radical (unpaired) electrons. The molecule has 4 aromatic rings. The van der Waals surface area contributed by atoms with E-state index in [1.54, 1.807) is 0 Å². The van der Waals surface area contributed by atoms with Gasteiger partial charge < -0.3 is 9.51 Å². The molecule has 3 aromatic heterocycles. The maximum atomic E-state index is 13.2. The van der Waals surface area contributed by atoms with Gasteiger partial charge in [-0.2, -0.15) is 4.98 Å². The fraction of sp³-hybridized carbons (Fsp3) is 0.0714. The van der Waals surface area contributed by atoms with Gasteiger partial charge in [-0.15, -0.1) is 11.3 Å². The van der Waals surface area contributed by atoms with Crippen molar-refractivity contribution < 1.29 is 13.3 Å². The molecular formula is C14H8F2N4OS2. The van der Waals surface area contributed by atoms with Gasteiger partial charge in [-0.05, 0) is 11.4 Å². The van der Waals surface area contributed by atoms with Gasteiger partial charge in [0.05, 0.1) is 21.7 Å². The number of nitrogens with one attached hydrogen (secondary N) is 1. The van der Waals surface area contributed by atoms with Gasteiger partial charge in [-0.1, -0.05) is 23.0 Å². The summed E-state index contributed by atoms with van der Waals surface area (Å²) in [7, 11) is 0. The van der Waals surface area contributed by atoms with E-state index in [2.05, 4.69) is 20.1 Å². The monoisotopic (exact) mass is 350 g/mol. The van der Waals surface area contributed by atoms with E-state index in [-0.39, 0.29) is 0 Å². The maximum Gasteiger partial charge on any atom is 0.237 e. The number of rotatable bonds is 4. The number of nitrogens with zero attached hydrogens (tertiary/aromatic N) is 3. The highest BCUT2D eigenvalue weighted by molar-refractivity contribution is 7.98. The molecule has 0 saturated heterocycles.